The summed E-state index contributed by atoms with van der Waals surface area (Å²) in [6, 6.07) is 2.15. The summed E-state index contributed by atoms with van der Waals surface area (Å²) < 4.78 is 0. The van der Waals surface area contributed by atoms with Crippen LogP contribution in [0.15, 0.2) is 0 Å². The van der Waals surface area contributed by atoms with Crippen molar-refractivity contribution in [3.63, 3.8) is 0 Å². The topological polar surface area (TPSA) is 44.1 Å². The van der Waals surface area contributed by atoms with Gasteiger partial charge >= 0.3 is 0 Å². The van der Waals surface area contributed by atoms with Crippen LogP contribution in [0.5, 0.6) is 0 Å². The Bertz CT molecular complexity index is 269. The second-order valence-electron chi connectivity index (χ2n) is 4.19. The Labute approximate surface area is 85.7 Å². The van der Waals surface area contributed by atoms with Crippen molar-refractivity contribution >= 4 is 5.91 Å². The van der Waals surface area contributed by atoms with E-state index in [2.05, 4.69) is 13.0 Å². The van der Waals surface area contributed by atoms with Crippen LogP contribution in [0.25, 0.3) is 0 Å². The minimum atomic E-state index is -0.245. The summed E-state index contributed by atoms with van der Waals surface area (Å²) in [5.41, 5.74) is 0. The number of carbonyl (C=O) groups excluding carboxylic acids is 1. The molecule has 1 amide bonds. The number of rotatable bonds is 2. The maximum Gasteiger partial charge on any atom is 0.227 e. The highest BCUT2D eigenvalue weighted by Gasteiger charge is 2.43. The molecule has 1 fully saturated rings. The van der Waals surface area contributed by atoms with E-state index < -0.39 is 0 Å². The van der Waals surface area contributed by atoms with Gasteiger partial charge in [0.05, 0.1) is 6.07 Å². The van der Waals surface area contributed by atoms with Gasteiger partial charge in [0, 0.05) is 12.0 Å². The molecule has 0 aromatic heterocycles. The van der Waals surface area contributed by atoms with E-state index in [4.69, 9.17) is 5.26 Å². The van der Waals surface area contributed by atoms with Crippen molar-refractivity contribution in [2.45, 2.75) is 46.2 Å². The number of nitriles is 1. The summed E-state index contributed by atoms with van der Waals surface area (Å²) in [6.07, 6.45) is 0.714. The van der Waals surface area contributed by atoms with Crippen molar-refractivity contribution in [1.29, 1.82) is 5.26 Å². The van der Waals surface area contributed by atoms with Gasteiger partial charge in [-0.3, -0.25) is 4.79 Å². The lowest BCUT2D eigenvalue weighted by atomic mass is 9.95. The molecular weight excluding hydrogens is 176 g/mol. The van der Waals surface area contributed by atoms with Crippen molar-refractivity contribution in [3.05, 3.63) is 0 Å². The molecule has 0 saturated carbocycles. The third-order valence-electron chi connectivity index (χ3n) is 3.50. The number of carbonyl (C=O) groups is 1. The highest BCUT2D eigenvalue weighted by Crippen LogP contribution is 2.32. The largest absolute Gasteiger partial charge is 0.323 e. The fourth-order valence-corrected chi connectivity index (χ4v) is 2.12. The first-order chi connectivity index (χ1) is 6.54. The Morgan fingerprint density at radius 3 is 2.36 bits per heavy atom. The van der Waals surface area contributed by atoms with Crippen LogP contribution >= 0.6 is 0 Å². The lowest BCUT2D eigenvalue weighted by molar-refractivity contribution is -0.132. The van der Waals surface area contributed by atoms with Gasteiger partial charge in [-0.1, -0.05) is 20.8 Å². The molecule has 4 unspecified atom stereocenters. The maximum atomic E-state index is 11.9. The Kier molecular flexibility index (Phi) is 3.15. The minimum Gasteiger partial charge on any atom is -0.323 e. The molecule has 1 heterocycles. The van der Waals surface area contributed by atoms with Crippen LogP contribution in [0.2, 0.25) is 0 Å². The van der Waals surface area contributed by atoms with Gasteiger partial charge in [0.15, 0.2) is 0 Å². The normalized spacial score (nSPS) is 34.4. The molecule has 14 heavy (non-hydrogen) atoms. The molecule has 1 aliphatic heterocycles. The summed E-state index contributed by atoms with van der Waals surface area (Å²) in [7, 11) is 0. The van der Waals surface area contributed by atoms with Crippen LogP contribution < -0.4 is 0 Å². The number of hydrogen-bond acceptors (Lipinski definition) is 2. The van der Waals surface area contributed by atoms with Crippen LogP contribution in [-0.2, 0) is 4.79 Å². The predicted octanol–water partition coefficient (Wildman–Crippen LogP) is 1.79. The Morgan fingerprint density at radius 2 is 2.07 bits per heavy atom. The molecule has 0 N–H and O–H groups in total. The van der Waals surface area contributed by atoms with Crippen molar-refractivity contribution in [3.8, 4) is 6.07 Å². The first-order valence-corrected chi connectivity index (χ1v) is 5.26. The lowest BCUT2D eigenvalue weighted by Gasteiger charge is -2.27. The van der Waals surface area contributed by atoms with Crippen molar-refractivity contribution in [2.75, 3.05) is 0 Å². The summed E-state index contributed by atoms with van der Waals surface area (Å²) in [4.78, 5) is 13.6. The molecule has 3 heteroatoms. The molecular formula is C11H18N2O. The first-order valence-electron chi connectivity index (χ1n) is 5.26. The van der Waals surface area contributed by atoms with Gasteiger partial charge < -0.3 is 4.90 Å². The molecule has 0 aromatic carbocycles. The van der Waals surface area contributed by atoms with Gasteiger partial charge in [0.25, 0.3) is 0 Å². The molecule has 0 aliphatic carbocycles. The molecule has 0 spiro atoms. The van der Waals surface area contributed by atoms with E-state index in [0.29, 0.717) is 12.3 Å². The number of amides is 1. The van der Waals surface area contributed by atoms with E-state index in [-0.39, 0.29) is 23.9 Å². The second-order valence-corrected chi connectivity index (χ2v) is 4.19. The van der Waals surface area contributed by atoms with Crippen LogP contribution in [0.3, 0.4) is 0 Å². The summed E-state index contributed by atoms with van der Waals surface area (Å²) in [6.45, 7) is 8.01. The van der Waals surface area contributed by atoms with Gasteiger partial charge in [-0.15, -0.1) is 0 Å². The maximum absolute atomic E-state index is 11.9. The summed E-state index contributed by atoms with van der Waals surface area (Å²) in [5, 5.41) is 8.95. The van der Waals surface area contributed by atoms with Crippen LogP contribution in [0.4, 0.5) is 0 Å². The van der Waals surface area contributed by atoms with Crippen LogP contribution in [0.1, 0.15) is 34.1 Å². The zero-order valence-electron chi connectivity index (χ0n) is 9.32. The SMILES string of the molecule is CCC(C#N)N1C(=O)C(C)C(C)C1C. The highest BCUT2D eigenvalue weighted by atomic mass is 16.2. The Balaban J connectivity index is 2.90. The first kappa shape index (κ1) is 11.0. The smallest absolute Gasteiger partial charge is 0.227 e. The van der Waals surface area contributed by atoms with Crippen molar-refractivity contribution in [2.24, 2.45) is 11.8 Å². The van der Waals surface area contributed by atoms with E-state index in [0.717, 1.165) is 0 Å². The molecule has 78 valence electrons. The quantitative estimate of drug-likeness (QED) is 0.672. The van der Waals surface area contributed by atoms with E-state index in [9.17, 15) is 4.79 Å². The van der Waals surface area contributed by atoms with Gasteiger partial charge in [-0.05, 0) is 19.3 Å². The molecule has 4 atom stereocenters. The zero-order valence-corrected chi connectivity index (χ0v) is 9.32. The standard InChI is InChI=1S/C11H18N2O/c1-5-10(6-12)13-9(4)7(2)8(3)11(13)14/h7-10H,5H2,1-4H3. The third kappa shape index (κ3) is 1.50. The highest BCUT2D eigenvalue weighted by molar-refractivity contribution is 5.82. The molecule has 1 aliphatic rings. The van der Waals surface area contributed by atoms with Crippen LogP contribution in [0, 0.1) is 23.2 Å². The number of nitrogens with zero attached hydrogens (tertiary/aromatic N) is 2. The van der Waals surface area contributed by atoms with Crippen LogP contribution in [-0.4, -0.2) is 22.9 Å². The second kappa shape index (κ2) is 4.00. The Hall–Kier alpha value is -1.04. The monoisotopic (exact) mass is 194 g/mol. The van der Waals surface area contributed by atoms with Gasteiger partial charge in [-0.2, -0.15) is 5.26 Å². The van der Waals surface area contributed by atoms with Gasteiger partial charge in [0.1, 0.15) is 6.04 Å². The average Bonchev–Trinajstić information content (AvgIpc) is 2.37. The van der Waals surface area contributed by atoms with Gasteiger partial charge in [-0.25, -0.2) is 0 Å². The lowest BCUT2D eigenvalue weighted by Crippen LogP contribution is -2.40. The van der Waals surface area contributed by atoms with E-state index >= 15 is 0 Å². The van der Waals surface area contributed by atoms with Gasteiger partial charge in [0.2, 0.25) is 5.91 Å². The van der Waals surface area contributed by atoms with E-state index in [1.807, 2.05) is 20.8 Å². The third-order valence-corrected chi connectivity index (χ3v) is 3.50. The zero-order chi connectivity index (χ0) is 10.9. The molecule has 1 saturated heterocycles. The predicted molar refractivity (Wildman–Crippen MR) is 54.3 cm³/mol. The molecule has 0 bridgehead atoms. The summed E-state index contributed by atoms with van der Waals surface area (Å²) >= 11 is 0. The minimum absolute atomic E-state index is 0.0624. The van der Waals surface area contributed by atoms with Crippen molar-refractivity contribution < 1.29 is 4.79 Å². The van der Waals surface area contributed by atoms with Crippen molar-refractivity contribution in [1.82, 2.24) is 4.90 Å². The average molecular weight is 194 g/mol. The fourth-order valence-electron chi connectivity index (χ4n) is 2.12. The molecule has 3 nitrogen and oxygen atoms in total. The number of hydrogen-bond donors (Lipinski definition) is 0. The Morgan fingerprint density at radius 1 is 1.50 bits per heavy atom. The van der Waals surface area contributed by atoms with E-state index in [1.54, 1.807) is 4.90 Å². The summed E-state index contributed by atoms with van der Waals surface area (Å²) in [5.74, 6) is 0.552. The molecule has 0 radical (unpaired) electrons. The fraction of sp³-hybridized carbons (Fsp3) is 0.818. The van der Waals surface area contributed by atoms with E-state index in [1.165, 1.54) is 0 Å². The number of likely N-dealkylation sites (tertiary alicyclic amines) is 1. The molecule has 1 rings (SSSR count). The molecule has 0 aromatic rings.